The van der Waals surface area contributed by atoms with Gasteiger partial charge in [0.25, 0.3) is 0 Å². The van der Waals surface area contributed by atoms with E-state index in [4.69, 9.17) is 4.74 Å². The minimum atomic E-state index is -2.86. The fourth-order valence-corrected chi connectivity index (χ4v) is 2.56. The van der Waals surface area contributed by atoms with Crippen molar-refractivity contribution in [1.82, 2.24) is 24.6 Å². The molecule has 3 aromatic heterocycles. The van der Waals surface area contributed by atoms with Crippen molar-refractivity contribution in [3.63, 3.8) is 0 Å². The van der Waals surface area contributed by atoms with E-state index in [-0.39, 0.29) is 5.75 Å². The number of ether oxygens (including phenoxy) is 2. The third kappa shape index (κ3) is 3.65. The largest absolute Gasteiger partial charge is 0.481 e. The molecule has 1 N–H and O–H groups in total. The van der Waals surface area contributed by atoms with Crippen molar-refractivity contribution in [2.75, 3.05) is 12.4 Å². The normalized spacial score (nSPS) is 11.0. The summed E-state index contributed by atoms with van der Waals surface area (Å²) in [5, 5.41) is 7.38. The highest BCUT2D eigenvalue weighted by Gasteiger charge is 2.12. The van der Waals surface area contributed by atoms with E-state index in [9.17, 15) is 8.78 Å². The molecule has 0 saturated carbocycles. The molecule has 10 heteroatoms. The Morgan fingerprint density at radius 1 is 1.07 bits per heavy atom. The summed E-state index contributed by atoms with van der Waals surface area (Å²) >= 11 is 0. The standard InChI is InChI=1S/C18H14F2N6O2/c1-27-14-7-2-11(10-22-14)15-16-24-18(25-26(16)9-8-21-15)23-12-3-5-13(6-4-12)28-17(19)20/h2-10,17H,1H3,(H,23,25). The van der Waals surface area contributed by atoms with Crippen molar-refractivity contribution < 1.29 is 18.3 Å². The number of aromatic nitrogens is 5. The van der Waals surface area contributed by atoms with Crippen LogP contribution in [0.15, 0.2) is 55.0 Å². The first-order valence-electron chi connectivity index (χ1n) is 8.16. The van der Waals surface area contributed by atoms with Gasteiger partial charge in [-0.05, 0) is 30.3 Å². The maximum Gasteiger partial charge on any atom is 0.387 e. The van der Waals surface area contributed by atoms with E-state index in [2.05, 4.69) is 30.1 Å². The number of pyridine rings is 1. The van der Waals surface area contributed by atoms with Crippen LogP contribution in [0, 0.1) is 0 Å². The molecule has 0 aliphatic heterocycles. The van der Waals surface area contributed by atoms with Crippen molar-refractivity contribution in [3.05, 3.63) is 55.0 Å². The minimum Gasteiger partial charge on any atom is -0.481 e. The lowest BCUT2D eigenvalue weighted by Crippen LogP contribution is -2.01. The first-order valence-corrected chi connectivity index (χ1v) is 8.16. The number of benzene rings is 1. The molecular formula is C18H14F2N6O2. The number of rotatable bonds is 6. The lowest BCUT2D eigenvalue weighted by Gasteiger charge is -2.05. The molecule has 0 saturated heterocycles. The quantitative estimate of drug-likeness (QED) is 0.544. The average molecular weight is 384 g/mol. The Kier molecular flexibility index (Phi) is 4.67. The molecule has 0 atom stereocenters. The smallest absolute Gasteiger partial charge is 0.387 e. The molecule has 0 radical (unpaired) electrons. The predicted molar refractivity (Wildman–Crippen MR) is 96.9 cm³/mol. The van der Waals surface area contributed by atoms with Crippen LogP contribution < -0.4 is 14.8 Å². The van der Waals surface area contributed by atoms with Crippen LogP contribution >= 0.6 is 0 Å². The van der Waals surface area contributed by atoms with Gasteiger partial charge in [-0.2, -0.15) is 13.8 Å². The number of anilines is 2. The van der Waals surface area contributed by atoms with Crippen molar-refractivity contribution in [2.24, 2.45) is 0 Å². The van der Waals surface area contributed by atoms with Gasteiger partial charge in [-0.25, -0.2) is 9.50 Å². The summed E-state index contributed by atoms with van der Waals surface area (Å²) in [4.78, 5) is 13.0. The Balaban J connectivity index is 1.61. The second kappa shape index (κ2) is 7.43. The molecule has 142 valence electrons. The summed E-state index contributed by atoms with van der Waals surface area (Å²) in [6.07, 6.45) is 4.93. The SMILES string of the molecule is COc1ccc(-c2nccn3nc(Nc4ccc(OC(F)F)cc4)nc23)cn1. The van der Waals surface area contributed by atoms with E-state index < -0.39 is 6.61 Å². The van der Waals surface area contributed by atoms with E-state index in [0.29, 0.717) is 28.9 Å². The van der Waals surface area contributed by atoms with E-state index in [1.165, 1.54) is 12.1 Å². The molecule has 0 bridgehead atoms. The third-order valence-electron chi connectivity index (χ3n) is 3.81. The molecule has 0 unspecified atom stereocenters. The molecule has 4 aromatic rings. The van der Waals surface area contributed by atoms with Gasteiger partial charge in [-0.15, -0.1) is 5.10 Å². The summed E-state index contributed by atoms with van der Waals surface area (Å²) in [6, 6.07) is 9.61. The van der Waals surface area contributed by atoms with Crippen molar-refractivity contribution in [3.8, 4) is 22.9 Å². The number of halogens is 2. The third-order valence-corrected chi connectivity index (χ3v) is 3.81. The average Bonchev–Trinajstić information content (AvgIpc) is 3.11. The van der Waals surface area contributed by atoms with Crippen LogP contribution in [0.1, 0.15) is 0 Å². The summed E-state index contributed by atoms with van der Waals surface area (Å²) in [5.74, 6) is 0.902. The van der Waals surface area contributed by atoms with Crippen LogP contribution in [0.4, 0.5) is 20.4 Å². The maximum atomic E-state index is 12.2. The number of fused-ring (bicyclic) bond motifs is 1. The van der Waals surface area contributed by atoms with Crippen LogP contribution in [-0.2, 0) is 0 Å². The number of hydrogen-bond donors (Lipinski definition) is 1. The zero-order valence-electron chi connectivity index (χ0n) is 14.6. The lowest BCUT2D eigenvalue weighted by molar-refractivity contribution is -0.0498. The molecule has 0 aliphatic rings. The summed E-state index contributed by atoms with van der Waals surface area (Å²) in [7, 11) is 1.55. The van der Waals surface area contributed by atoms with E-state index in [1.807, 2.05) is 6.07 Å². The van der Waals surface area contributed by atoms with Gasteiger partial charge < -0.3 is 14.8 Å². The van der Waals surface area contributed by atoms with Crippen LogP contribution in [0.2, 0.25) is 0 Å². The topological polar surface area (TPSA) is 86.5 Å². The number of methoxy groups -OCH3 is 1. The summed E-state index contributed by atoms with van der Waals surface area (Å²) in [5.41, 5.74) is 2.53. The van der Waals surface area contributed by atoms with Gasteiger partial charge in [-0.1, -0.05) is 0 Å². The zero-order valence-corrected chi connectivity index (χ0v) is 14.6. The number of alkyl halides is 2. The Morgan fingerprint density at radius 3 is 2.57 bits per heavy atom. The highest BCUT2D eigenvalue weighted by molar-refractivity contribution is 5.74. The van der Waals surface area contributed by atoms with Crippen LogP contribution in [-0.4, -0.2) is 38.3 Å². The number of hydrogen-bond acceptors (Lipinski definition) is 7. The Bertz CT molecular complexity index is 1080. The van der Waals surface area contributed by atoms with Gasteiger partial charge in [0.05, 0.1) is 7.11 Å². The number of nitrogens with one attached hydrogen (secondary N) is 1. The molecule has 1 aromatic carbocycles. The Morgan fingerprint density at radius 2 is 1.89 bits per heavy atom. The summed E-state index contributed by atoms with van der Waals surface area (Å²) < 4.78 is 35.4. The van der Waals surface area contributed by atoms with Gasteiger partial charge in [0.15, 0.2) is 5.65 Å². The molecule has 3 heterocycles. The van der Waals surface area contributed by atoms with Gasteiger partial charge >= 0.3 is 6.61 Å². The molecule has 0 fully saturated rings. The molecule has 8 nitrogen and oxygen atoms in total. The summed E-state index contributed by atoms with van der Waals surface area (Å²) in [6.45, 7) is -2.86. The van der Waals surface area contributed by atoms with Crippen LogP contribution in [0.25, 0.3) is 16.9 Å². The van der Waals surface area contributed by atoms with Gasteiger partial charge in [0.1, 0.15) is 11.4 Å². The maximum absolute atomic E-state index is 12.2. The monoisotopic (exact) mass is 384 g/mol. The second-order valence-corrected chi connectivity index (χ2v) is 5.60. The molecule has 28 heavy (non-hydrogen) atoms. The predicted octanol–water partition coefficient (Wildman–Crippen LogP) is 3.54. The first-order chi connectivity index (χ1) is 13.6. The zero-order chi connectivity index (χ0) is 19.5. The molecule has 0 amide bonds. The van der Waals surface area contributed by atoms with Crippen molar-refractivity contribution in [1.29, 1.82) is 0 Å². The fourth-order valence-electron chi connectivity index (χ4n) is 2.56. The van der Waals surface area contributed by atoms with E-state index in [0.717, 1.165) is 5.56 Å². The van der Waals surface area contributed by atoms with Crippen LogP contribution in [0.3, 0.4) is 0 Å². The fraction of sp³-hybridized carbons (Fsp3) is 0.111. The van der Waals surface area contributed by atoms with Gasteiger partial charge in [0, 0.05) is 35.9 Å². The van der Waals surface area contributed by atoms with Crippen molar-refractivity contribution >= 4 is 17.3 Å². The highest BCUT2D eigenvalue weighted by atomic mass is 19.3. The van der Waals surface area contributed by atoms with Gasteiger partial charge in [-0.3, -0.25) is 4.98 Å². The van der Waals surface area contributed by atoms with Gasteiger partial charge in [0.2, 0.25) is 11.8 Å². The highest BCUT2D eigenvalue weighted by Crippen LogP contribution is 2.24. The Hall–Kier alpha value is -3.82. The van der Waals surface area contributed by atoms with E-state index in [1.54, 1.807) is 48.4 Å². The molecule has 4 rings (SSSR count). The molecule has 0 aliphatic carbocycles. The second-order valence-electron chi connectivity index (χ2n) is 5.60. The van der Waals surface area contributed by atoms with Crippen LogP contribution in [0.5, 0.6) is 11.6 Å². The van der Waals surface area contributed by atoms with Crippen molar-refractivity contribution in [2.45, 2.75) is 6.61 Å². The number of nitrogens with zero attached hydrogens (tertiary/aromatic N) is 5. The minimum absolute atomic E-state index is 0.0713. The molecule has 0 spiro atoms. The first kappa shape index (κ1) is 17.6. The Labute approximate surface area is 157 Å². The van der Waals surface area contributed by atoms with E-state index >= 15 is 0 Å². The molecular weight excluding hydrogens is 370 g/mol. The lowest BCUT2D eigenvalue weighted by atomic mass is 10.2.